The van der Waals surface area contributed by atoms with E-state index in [0.29, 0.717) is 0 Å². The fraction of sp³-hybridized carbons (Fsp3) is 0.300. The highest BCUT2D eigenvalue weighted by atomic mass is 79.9. The Kier molecular flexibility index (Phi) is 4.95. The van der Waals surface area contributed by atoms with Crippen molar-refractivity contribution in [3.8, 4) is 0 Å². The lowest BCUT2D eigenvalue weighted by Gasteiger charge is -2.11. The highest BCUT2D eigenvalue weighted by Crippen LogP contribution is 2.24. The zero-order chi connectivity index (χ0) is 15.7. The number of carbonyl (C=O) groups excluding carboxylic acids is 1. The normalized spacial score (nSPS) is 13.8. The summed E-state index contributed by atoms with van der Waals surface area (Å²) in [6.45, 7) is 1.26. The van der Waals surface area contributed by atoms with Gasteiger partial charge in [-0.25, -0.2) is 22.0 Å². The van der Waals surface area contributed by atoms with Crippen LogP contribution in [0.1, 0.15) is 6.92 Å². The van der Waals surface area contributed by atoms with Crippen LogP contribution in [-0.4, -0.2) is 34.2 Å². The van der Waals surface area contributed by atoms with Crippen LogP contribution in [0, 0.1) is 0 Å². The summed E-state index contributed by atoms with van der Waals surface area (Å²) < 4.78 is 45.1. The lowest BCUT2D eigenvalue weighted by molar-refractivity contribution is -0.115. The Morgan fingerprint density at radius 3 is 2.25 bits per heavy atom. The molecule has 1 amide bonds. The minimum Gasteiger partial charge on any atom is -0.325 e. The number of amides is 1. The van der Waals surface area contributed by atoms with Crippen LogP contribution in [0.25, 0.3) is 0 Å². The van der Waals surface area contributed by atoms with Crippen LogP contribution < -0.4 is 10.5 Å². The van der Waals surface area contributed by atoms with E-state index in [-0.39, 0.29) is 15.1 Å². The monoisotopic (exact) mass is 384 g/mol. The number of carbonyl (C=O) groups is 1. The Hall–Kier alpha value is -0.970. The molecule has 3 N–H and O–H groups in total. The quantitative estimate of drug-likeness (QED) is 0.780. The van der Waals surface area contributed by atoms with Crippen LogP contribution in [0.15, 0.2) is 27.6 Å². The molecule has 7 nitrogen and oxygen atoms in total. The first-order valence-electron chi connectivity index (χ1n) is 5.25. The first kappa shape index (κ1) is 17.1. The van der Waals surface area contributed by atoms with E-state index in [1.807, 2.05) is 0 Å². The van der Waals surface area contributed by atoms with Gasteiger partial charge in [0.25, 0.3) is 0 Å². The number of anilines is 1. The van der Waals surface area contributed by atoms with Crippen LogP contribution in [0.3, 0.4) is 0 Å². The molecule has 0 radical (unpaired) electrons. The van der Waals surface area contributed by atoms with Crippen molar-refractivity contribution < 1.29 is 21.6 Å². The molecule has 0 aliphatic rings. The van der Waals surface area contributed by atoms with Crippen molar-refractivity contribution >= 4 is 47.4 Å². The molecule has 0 aliphatic carbocycles. The number of rotatable bonds is 4. The van der Waals surface area contributed by atoms with Crippen molar-refractivity contribution in [3.05, 3.63) is 22.7 Å². The Labute approximate surface area is 125 Å². The van der Waals surface area contributed by atoms with Crippen molar-refractivity contribution in [2.75, 3.05) is 11.6 Å². The molecule has 1 rings (SSSR count). The van der Waals surface area contributed by atoms with Gasteiger partial charge in [0.05, 0.1) is 4.90 Å². The molecule has 0 saturated carbocycles. The minimum atomic E-state index is -3.87. The van der Waals surface area contributed by atoms with Crippen LogP contribution in [-0.2, 0) is 24.7 Å². The third kappa shape index (κ3) is 4.27. The van der Waals surface area contributed by atoms with Gasteiger partial charge in [-0.1, -0.05) is 0 Å². The lowest BCUT2D eigenvalue weighted by Crippen LogP contribution is -2.31. The van der Waals surface area contributed by atoms with E-state index in [1.54, 1.807) is 0 Å². The predicted octanol–water partition coefficient (Wildman–Crippen LogP) is 0.468. The predicted molar refractivity (Wildman–Crippen MR) is 78.5 cm³/mol. The molecule has 0 aromatic heterocycles. The first-order valence-corrected chi connectivity index (χ1v) is 9.54. The number of hydrogen-bond acceptors (Lipinski definition) is 5. The van der Waals surface area contributed by atoms with Gasteiger partial charge in [-0.15, -0.1) is 0 Å². The number of halogens is 1. The fourth-order valence-corrected chi connectivity index (χ4v) is 3.34. The molecule has 1 unspecified atom stereocenters. The molecule has 20 heavy (non-hydrogen) atoms. The van der Waals surface area contributed by atoms with E-state index >= 15 is 0 Å². The second kappa shape index (κ2) is 5.80. The number of nitrogens with two attached hydrogens (primary N) is 1. The van der Waals surface area contributed by atoms with Crippen molar-refractivity contribution in [1.29, 1.82) is 0 Å². The van der Waals surface area contributed by atoms with Gasteiger partial charge in [0.1, 0.15) is 5.25 Å². The van der Waals surface area contributed by atoms with Crippen LogP contribution >= 0.6 is 15.9 Å². The average molecular weight is 385 g/mol. The minimum absolute atomic E-state index is 0.133. The molecule has 0 heterocycles. The van der Waals surface area contributed by atoms with Gasteiger partial charge in [0.2, 0.25) is 15.9 Å². The van der Waals surface area contributed by atoms with E-state index in [0.717, 1.165) is 6.26 Å². The molecule has 112 valence electrons. The van der Waals surface area contributed by atoms with Crippen molar-refractivity contribution in [3.63, 3.8) is 0 Å². The van der Waals surface area contributed by atoms with E-state index in [2.05, 4.69) is 21.2 Å². The standard InChI is InChI=1S/C10H13BrN2O5S2/c1-6(19(2,15)16)10(14)13-7-3-4-9(8(11)5-7)20(12,17)18/h3-6H,1-2H3,(H,13,14)(H2,12,17,18). The smallest absolute Gasteiger partial charge is 0.242 e. The highest BCUT2D eigenvalue weighted by molar-refractivity contribution is 9.10. The van der Waals surface area contributed by atoms with E-state index < -0.39 is 31.0 Å². The molecule has 1 atom stereocenters. The van der Waals surface area contributed by atoms with Crippen LogP contribution in [0.5, 0.6) is 0 Å². The number of hydrogen-bond donors (Lipinski definition) is 2. The maximum absolute atomic E-state index is 11.7. The van der Waals surface area contributed by atoms with Gasteiger partial charge in [-0.3, -0.25) is 4.79 Å². The second-order valence-corrected chi connectivity index (χ2v) is 8.90. The lowest BCUT2D eigenvalue weighted by atomic mass is 10.3. The Balaban J connectivity index is 3.02. The summed E-state index contributed by atoms with van der Waals surface area (Å²) in [5, 5.41) is 6.16. The van der Waals surface area contributed by atoms with E-state index in [1.165, 1.54) is 25.1 Å². The Bertz CT molecular complexity index is 743. The number of benzene rings is 1. The van der Waals surface area contributed by atoms with Crippen LogP contribution in [0.2, 0.25) is 0 Å². The van der Waals surface area contributed by atoms with Crippen molar-refractivity contribution in [1.82, 2.24) is 0 Å². The summed E-state index contributed by atoms with van der Waals surface area (Å²) in [4.78, 5) is 11.6. The molecule has 0 bridgehead atoms. The van der Waals surface area contributed by atoms with E-state index in [9.17, 15) is 21.6 Å². The molecule has 1 aromatic rings. The molecule has 0 saturated heterocycles. The maximum atomic E-state index is 11.7. The maximum Gasteiger partial charge on any atom is 0.242 e. The van der Waals surface area contributed by atoms with Crippen molar-refractivity contribution in [2.45, 2.75) is 17.1 Å². The zero-order valence-electron chi connectivity index (χ0n) is 10.6. The summed E-state index contributed by atoms with van der Waals surface area (Å²) >= 11 is 3.02. The molecule has 0 spiro atoms. The molecule has 10 heteroatoms. The summed E-state index contributed by atoms with van der Waals surface area (Å²) in [6.07, 6.45) is 0.956. The number of primary sulfonamides is 1. The summed E-state index contributed by atoms with van der Waals surface area (Å²) in [6, 6.07) is 3.85. The number of sulfone groups is 1. The molecular formula is C10H13BrN2O5S2. The van der Waals surface area contributed by atoms with Gasteiger partial charge in [-0.2, -0.15) is 0 Å². The third-order valence-corrected chi connectivity index (χ3v) is 5.90. The van der Waals surface area contributed by atoms with E-state index in [4.69, 9.17) is 5.14 Å². The molecule has 1 aromatic carbocycles. The van der Waals surface area contributed by atoms with Gasteiger partial charge < -0.3 is 5.32 Å². The highest BCUT2D eigenvalue weighted by Gasteiger charge is 2.23. The zero-order valence-corrected chi connectivity index (χ0v) is 13.8. The van der Waals surface area contributed by atoms with Gasteiger partial charge in [-0.05, 0) is 41.1 Å². The summed E-state index contributed by atoms with van der Waals surface area (Å²) in [5.74, 6) is -0.706. The first-order chi connectivity index (χ1) is 8.93. The van der Waals surface area contributed by atoms with Gasteiger partial charge in [0, 0.05) is 16.4 Å². The van der Waals surface area contributed by atoms with Gasteiger partial charge >= 0.3 is 0 Å². The second-order valence-electron chi connectivity index (χ2n) is 4.15. The van der Waals surface area contributed by atoms with Crippen molar-refractivity contribution in [2.24, 2.45) is 5.14 Å². The number of nitrogens with one attached hydrogen (secondary N) is 1. The van der Waals surface area contributed by atoms with Crippen LogP contribution in [0.4, 0.5) is 5.69 Å². The Morgan fingerprint density at radius 1 is 1.30 bits per heavy atom. The largest absolute Gasteiger partial charge is 0.325 e. The number of sulfonamides is 1. The summed E-state index contributed by atoms with van der Waals surface area (Å²) in [7, 11) is -7.38. The molecular weight excluding hydrogens is 372 g/mol. The average Bonchev–Trinajstić information content (AvgIpc) is 2.24. The molecule has 0 aliphatic heterocycles. The Morgan fingerprint density at radius 2 is 1.85 bits per heavy atom. The molecule has 0 fully saturated rings. The third-order valence-electron chi connectivity index (χ3n) is 2.52. The topological polar surface area (TPSA) is 123 Å². The SMILES string of the molecule is CC(C(=O)Nc1ccc(S(N)(=O)=O)c(Br)c1)S(C)(=O)=O. The fourth-order valence-electron chi connectivity index (χ4n) is 1.25. The summed E-state index contributed by atoms with van der Waals surface area (Å²) in [5.41, 5.74) is 0.254. The van der Waals surface area contributed by atoms with Gasteiger partial charge in [0.15, 0.2) is 9.84 Å².